The molecule has 0 aromatic heterocycles. The van der Waals surface area contributed by atoms with Gasteiger partial charge < -0.3 is 5.32 Å². The first-order valence-corrected chi connectivity index (χ1v) is 6.38. The second-order valence-corrected chi connectivity index (χ2v) is 5.05. The summed E-state index contributed by atoms with van der Waals surface area (Å²) in [5.41, 5.74) is 3.54. The first kappa shape index (κ1) is 11.5. The van der Waals surface area contributed by atoms with E-state index in [-0.39, 0.29) is 10.8 Å². The fourth-order valence-electron chi connectivity index (χ4n) is 2.48. The van der Waals surface area contributed by atoms with Crippen LogP contribution in [0.2, 0.25) is 5.02 Å². The number of anilines is 1. The fraction of sp³-hybridized carbons (Fsp3) is 0.200. The van der Waals surface area contributed by atoms with Gasteiger partial charge in [-0.1, -0.05) is 35.9 Å². The summed E-state index contributed by atoms with van der Waals surface area (Å²) in [6, 6.07) is 13.6. The van der Waals surface area contributed by atoms with E-state index in [1.807, 2.05) is 6.07 Å². The highest BCUT2D eigenvalue weighted by atomic mass is 35.5. The summed E-state index contributed by atoms with van der Waals surface area (Å²) in [7, 11) is 0. The Morgan fingerprint density at radius 1 is 1.06 bits per heavy atom. The third-order valence-corrected chi connectivity index (χ3v) is 3.65. The smallest absolute Gasteiger partial charge is 0.143 e. The van der Waals surface area contributed by atoms with Gasteiger partial charge in [-0.3, -0.25) is 0 Å². The molecule has 0 amide bonds. The molecule has 3 heteroatoms. The fourth-order valence-corrected chi connectivity index (χ4v) is 2.60. The highest BCUT2D eigenvalue weighted by molar-refractivity contribution is 6.30. The molecule has 3 rings (SSSR count). The zero-order valence-corrected chi connectivity index (χ0v) is 10.5. The van der Waals surface area contributed by atoms with Crippen molar-refractivity contribution in [3.63, 3.8) is 0 Å². The van der Waals surface area contributed by atoms with Crippen molar-refractivity contribution in [1.29, 1.82) is 0 Å². The molecule has 0 aliphatic heterocycles. The lowest BCUT2D eigenvalue weighted by Crippen LogP contribution is -2.19. The summed E-state index contributed by atoms with van der Waals surface area (Å²) in [4.78, 5) is 0. The average Bonchev–Trinajstić information content (AvgIpc) is 2.76. The number of benzene rings is 2. The first-order chi connectivity index (χ1) is 8.72. The average molecular weight is 262 g/mol. The summed E-state index contributed by atoms with van der Waals surface area (Å²) >= 11 is 5.67. The lowest BCUT2D eigenvalue weighted by atomic mass is 10.1. The van der Waals surface area contributed by atoms with Gasteiger partial charge >= 0.3 is 0 Å². The van der Waals surface area contributed by atoms with Crippen LogP contribution in [0.5, 0.6) is 0 Å². The normalized spacial score (nSPS) is 14.6. The summed E-state index contributed by atoms with van der Waals surface area (Å²) in [5.74, 6) is -0.378. The van der Waals surface area contributed by atoms with E-state index in [1.165, 1.54) is 17.2 Å². The van der Waals surface area contributed by atoms with Crippen LogP contribution in [0.4, 0.5) is 10.1 Å². The largest absolute Gasteiger partial charge is 0.382 e. The predicted molar refractivity (Wildman–Crippen MR) is 72.7 cm³/mol. The molecule has 0 heterocycles. The number of hydrogen-bond acceptors (Lipinski definition) is 1. The quantitative estimate of drug-likeness (QED) is 0.860. The van der Waals surface area contributed by atoms with Gasteiger partial charge in [-0.25, -0.2) is 4.39 Å². The van der Waals surface area contributed by atoms with Gasteiger partial charge in [0.25, 0.3) is 0 Å². The molecule has 92 valence electrons. The van der Waals surface area contributed by atoms with Crippen molar-refractivity contribution >= 4 is 17.3 Å². The van der Waals surface area contributed by atoms with Gasteiger partial charge in [0.2, 0.25) is 0 Å². The second-order valence-electron chi connectivity index (χ2n) is 4.65. The van der Waals surface area contributed by atoms with Crippen molar-refractivity contribution in [2.75, 3.05) is 5.32 Å². The standard InChI is InChI=1S/C15H13ClFN/c16-14-6-5-12(9-15(14)17)18-13-7-10-3-1-2-4-11(10)8-13/h1-6,9,13,18H,7-8H2. The van der Waals surface area contributed by atoms with Crippen molar-refractivity contribution in [2.45, 2.75) is 18.9 Å². The molecule has 0 bridgehead atoms. The maximum atomic E-state index is 13.3. The first-order valence-electron chi connectivity index (χ1n) is 6.01. The number of halogens is 2. The van der Waals surface area contributed by atoms with Crippen LogP contribution < -0.4 is 5.32 Å². The molecule has 1 nitrogen and oxygen atoms in total. The van der Waals surface area contributed by atoms with Gasteiger partial charge in [-0.2, -0.15) is 0 Å². The van der Waals surface area contributed by atoms with Crippen molar-refractivity contribution in [1.82, 2.24) is 0 Å². The molecule has 0 atom stereocenters. The summed E-state index contributed by atoms with van der Waals surface area (Å²) in [6.45, 7) is 0. The Balaban J connectivity index is 1.74. The zero-order valence-electron chi connectivity index (χ0n) is 9.79. The van der Waals surface area contributed by atoms with Gasteiger partial charge in [0.1, 0.15) is 5.82 Å². The minimum atomic E-state index is -0.378. The van der Waals surface area contributed by atoms with E-state index in [9.17, 15) is 4.39 Å². The van der Waals surface area contributed by atoms with Crippen LogP contribution in [0.3, 0.4) is 0 Å². The van der Waals surface area contributed by atoms with Crippen LogP contribution in [-0.2, 0) is 12.8 Å². The zero-order chi connectivity index (χ0) is 12.5. The minimum Gasteiger partial charge on any atom is -0.382 e. The molecule has 0 fully saturated rings. The molecule has 2 aromatic rings. The van der Waals surface area contributed by atoms with Crippen molar-refractivity contribution in [3.8, 4) is 0 Å². The molecular formula is C15H13ClFN. The summed E-state index contributed by atoms with van der Waals surface area (Å²) < 4.78 is 13.3. The lowest BCUT2D eigenvalue weighted by Gasteiger charge is -2.13. The Hall–Kier alpha value is -1.54. The Kier molecular flexibility index (Phi) is 2.96. The highest BCUT2D eigenvalue weighted by Crippen LogP contribution is 2.25. The maximum absolute atomic E-state index is 13.3. The Morgan fingerprint density at radius 3 is 2.33 bits per heavy atom. The third kappa shape index (κ3) is 2.21. The molecule has 1 aliphatic carbocycles. The van der Waals surface area contributed by atoms with Gasteiger partial charge in [0.15, 0.2) is 0 Å². The van der Waals surface area contributed by atoms with Crippen LogP contribution in [0.25, 0.3) is 0 Å². The van der Waals surface area contributed by atoms with E-state index in [2.05, 4.69) is 29.6 Å². The van der Waals surface area contributed by atoms with Gasteiger partial charge in [0.05, 0.1) is 5.02 Å². The van der Waals surface area contributed by atoms with Crippen LogP contribution in [0.1, 0.15) is 11.1 Å². The summed E-state index contributed by atoms with van der Waals surface area (Å²) in [5, 5.41) is 3.52. The van der Waals surface area contributed by atoms with E-state index >= 15 is 0 Å². The topological polar surface area (TPSA) is 12.0 Å². The van der Waals surface area contributed by atoms with E-state index in [4.69, 9.17) is 11.6 Å². The molecule has 18 heavy (non-hydrogen) atoms. The number of rotatable bonds is 2. The minimum absolute atomic E-state index is 0.162. The molecule has 0 radical (unpaired) electrons. The molecule has 0 saturated heterocycles. The molecule has 1 aliphatic rings. The van der Waals surface area contributed by atoms with Gasteiger partial charge in [-0.15, -0.1) is 0 Å². The van der Waals surface area contributed by atoms with E-state index in [0.29, 0.717) is 6.04 Å². The Morgan fingerprint density at radius 2 is 1.72 bits per heavy atom. The van der Waals surface area contributed by atoms with Gasteiger partial charge in [0, 0.05) is 11.7 Å². The number of nitrogens with one attached hydrogen (secondary N) is 1. The van der Waals surface area contributed by atoms with Crippen LogP contribution in [-0.4, -0.2) is 6.04 Å². The van der Waals surface area contributed by atoms with E-state index in [1.54, 1.807) is 6.07 Å². The number of hydrogen-bond donors (Lipinski definition) is 1. The van der Waals surface area contributed by atoms with Crippen molar-refractivity contribution in [2.24, 2.45) is 0 Å². The maximum Gasteiger partial charge on any atom is 0.143 e. The second kappa shape index (κ2) is 4.62. The van der Waals surface area contributed by atoms with Crippen LogP contribution >= 0.6 is 11.6 Å². The molecule has 0 saturated carbocycles. The summed E-state index contributed by atoms with van der Waals surface area (Å²) in [6.07, 6.45) is 1.97. The predicted octanol–water partition coefficient (Wildman–Crippen LogP) is 4.06. The Labute approximate surface area is 111 Å². The third-order valence-electron chi connectivity index (χ3n) is 3.34. The van der Waals surface area contributed by atoms with Gasteiger partial charge in [-0.05, 0) is 42.2 Å². The van der Waals surface area contributed by atoms with Crippen LogP contribution in [0.15, 0.2) is 42.5 Å². The van der Waals surface area contributed by atoms with Crippen molar-refractivity contribution in [3.05, 3.63) is 64.4 Å². The molecule has 1 N–H and O–H groups in total. The van der Waals surface area contributed by atoms with E-state index in [0.717, 1.165) is 18.5 Å². The molecule has 0 spiro atoms. The highest BCUT2D eigenvalue weighted by Gasteiger charge is 2.20. The van der Waals surface area contributed by atoms with Crippen LogP contribution in [0, 0.1) is 5.82 Å². The van der Waals surface area contributed by atoms with E-state index < -0.39 is 0 Å². The Bertz CT molecular complexity index is 557. The SMILES string of the molecule is Fc1cc(NC2Cc3ccccc3C2)ccc1Cl. The number of fused-ring (bicyclic) bond motifs is 1. The molecule has 0 unspecified atom stereocenters. The molecular weight excluding hydrogens is 249 g/mol. The lowest BCUT2D eigenvalue weighted by molar-refractivity contribution is 0.628. The molecule has 2 aromatic carbocycles. The monoisotopic (exact) mass is 261 g/mol. The van der Waals surface area contributed by atoms with Crippen molar-refractivity contribution < 1.29 is 4.39 Å².